The molecule has 1 N–H and O–H groups in total. The van der Waals surface area contributed by atoms with Gasteiger partial charge < -0.3 is 10.2 Å². The third-order valence-electron chi connectivity index (χ3n) is 4.39. The molecular weight excluding hydrogens is 388 g/mol. The fourth-order valence-electron chi connectivity index (χ4n) is 3.09. The van der Waals surface area contributed by atoms with Crippen LogP contribution in [-0.2, 0) is 6.54 Å². The molecule has 136 valence electrons. The Labute approximate surface area is 165 Å². The van der Waals surface area contributed by atoms with Crippen molar-refractivity contribution in [2.24, 2.45) is 0 Å². The van der Waals surface area contributed by atoms with Gasteiger partial charge in [-0.25, -0.2) is 4.39 Å². The molecule has 7 heteroatoms. The molecule has 1 amide bonds. The van der Waals surface area contributed by atoms with Crippen LogP contribution in [0.5, 0.6) is 0 Å². The SMILES string of the molecule is O=C1c2cccnc2C(Nc2cc(Cl)ccc2Cl)N1Cc1ccc(F)cc1. The Morgan fingerprint density at radius 1 is 1.11 bits per heavy atom. The quantitative estimate of drug-likeness (QED) is 0.645. The third kappa shape index (κ3) is 3.48. The molecule has 1 aliphatic heterocycles. The number of anilines is 1. The minimum Gasteiger partial charge on any atom is -0.359 e. The van der Waals surface area contributed by atoms with Crippen LogP contribution >= 0.6 is 23.2 Å². The Morgan fingerprint density at radius 2 is 1.89 bits per heavy atom. The van der Waals surface area contributed by atoms with Crippen molar-refractivity contribution in [2.75, 3.05) is 5.32 Å². The molecular formula is C20H14Cl2FN3O. The molecule has 0 saturated heterocycles. The summed E-state index contributed by atoms with van der Waals surface area (Å²) in [7, 11) is 0. The monoisotopic (exact) mass is 401 g/mol. The molecule has 1 unspecified atom stereocenters. The van der Waals surface area contributed by atoms with Crippen LogP contribution in [0.15, 0.2) is 60.8 Å². The molecule has 0 fully saturated rings. The van der Waals surface area contributed by atoms with E-state index in [0.717, 1.165) is 5.56 Å². The maximum Gasteiger partial charge on any atom is 0.258 e. The number of halogens is 3. The normalized spacial score (nSPS) is 15.7. The highest BCUT2D eigenvalue weighted by atomic mass is 35.5. The number of aromatic nitrogens is 1. The van der Waals surface area contributed by atoms with Crippen LogP contribution in [0.2, 0.25) is 10.0 Å². The Bertz CT molecular complexity index is 1010. The maximum atomic E-state index is 13.2. The van der Waals surface area contributed by atoms with Crippen molar-refractivity contribution in [2.45, 2.75) is 12.7 Å². The van der Waals surface area contributed by atoms with Gasteiger partial charge >= 0.3 is 0 Å². The number of carbonyl (C=O) groups is 1. The van der Waals surface area contributed by atoms with Gasteiger partial charge in [-0.15, -0.1) is 0 Å². The number of rotatable bonds is 4. The average molecular weight is 402 g/mol. The van der Waals surface area contributed by atoms with E-state index < -0.39 is 6.17 Å². The first kappa shape index (κ1) is 17.8. The number of amides is 1. The third-order valence-corrected chi connectivity index (χ3v) is 4.95. The Kier molecular flexibility index (Phi) is 4.72. The van der Waals surface area contributed by atoms with Crippen LogP contribution in [0.4, 0.5) is 10.1 Å². The lowest BCUT2D eigenvalue weighted by Crippen LogP contribution is -2.32. The van der Waals surface area contributed by atoms with Gasteiger partial charge in [0.25, 0.3) is 5.91 Å². The molecule has 2 aromatic carbocycles. The molecule has 0 radical (unpaired) electrons. The Hall–Kier alpha value is -2.63. The van der Waals surface area contributed by atoms with E-state index in [4.69, 9.17) is 23.2 Å². The van der Waals surface area contributed by atoms with E-state index >= 15 is 0 Å². The molecule has 2 heterocycles. The first-order valence-electron chi connectivity index (χ1n) is 8.25. The number of nitrogens with one attached hydrogen (secondary N) is 1. The van der Waals surface area contributed by atoms with Crippen molar-refractivity contribution in [3.63, 3.8) is 0 Å². The Morgan fingerprint density at radius 3 is 2.67 bits per heavy atom. The molecule has 0 bridgehead atoms. The summed E-state index contributed by atoms with van der Waals surface area (Å²) in [5.74, 6) is -0.477. The molecule has 0 aliphatic carbocycles. The fourth-order valence-corrected chi connectivity index (χ4v) is 3.43. The molecule has 27 heavy (non-hydrogen) atoms. The van der Waals surface area contributed by atoms with E-state index in [-0.39, 0.29) is 11.7 Å². The molecule has 1 atom stereocenters. The second kappa shape index (κ2) is 7.18. The smallest absolute Gasteiger partial charge is 0.258 e. The summed E-state index contributed by atoms with van der Waals surface area (Å²) in [6.07, 6.45) is 1.12. The summed E-state index contributed by atoms with van der Waals surface area (Å²) < 4.78 is 13.2. The van der Waals surface area contributed by atoms with Crippen molar-refractivity contribution in [3.8, 4) is 0 Å². The predicted molar refractivity (Wildman–Crippen MR) is 103 cm³/mol. The highest BCUT2D eigenvalue weighted by molar-refractivity contribution is 6.35. The topological polar surface area (TPSA) is 45.2 Å². The molecule has 0 saturated carbocycles. The zero-order valence-corrected chi connectivity index (χ0v) is 15.5. The Balaban J connectivity index is 1.71. The van der Waals surface area contributed by atoms with Crippen molar-refractivity contribution >= 4 is 34.8 Å². The molecule has 0 spiro atoms. The van der Waals surface area contributed by atoms with Gasteiger partial charge in [-0.3, -0.25) is 9.78 Å². The lowest BCUT2D eigenvalue weighted by molar-refractivity contribution is 0.0728. The number of carbonyl (C=O) groups excluding carboxylic acids is 1. The maximum absolute atomic E-state index is 13.2. The predicted octanol–water partition coefficient (Wildman–Crippen LogP) is 5.29. The molecule has 4 rings (SSSR count). The number of pyridine rings is 1. The summed E-state index contributed by atoms with van der Waals surface area (Å²) in [5, 5.41) is 4.28. The van der Waals surface area contributed by atoms with Gasteiger partial charge in [0.2, 0.25) is 0 Å². The van der Waals surface area contributed by atoms with Gasteiger partial charge in [0.1, 0.15) is 12.0 Å². The number of fused-ring (bicyclic) bond motifs is 1. The number of benzene rings is 2. The lowest BCUT2D eigenvalue weighted by atomic mass is 10.2. The van der Waals surface area contributed by atoms with E-state index in [2.05, 4.69) is 10.3 Å². The van der Waals surface area contributed by atoms with Crippen molar-refractivity contribution < 1.29 is 9.18 Å². The summed E-state index contributed by atoms with van der Waals surface area (Å²) in [5.41, 5.74) is 2.54. The van der Waals surface area contributed by atoms with Crippen LogP contribution in [-0.4, -0.2) is 15.8 Å². The van der Waals surface area contributed by atoms with Gasteiger partial charge in [-0.05, 0) is 48.0 Å². The minimum atomic E-state index is -0.519. The van der Waals surface area contributed by atoms with Crippen LogP contribution < -0.4 is 5.32 Å². The number of hydrogen-bond donors (Lipinski definition) is 1. The zero-order valence-electron chi connectivity index (χ0n) is 14.0. The summed E-state index contributed by atoms with van der Waals surface area (Å²) in [6, 6.07) is 14.6. The fraction of sp³-hybridized carbons (Fsp3) is 0.100. The van der Waals surface area contributed by atoms with Crippen LogP contribution in [0, 0.1) is 5.82 Å². The largest absolute Gasteiger partial charge is 0.359 e. The first-order valence-corrected chi connectivity index (χ1v) is 9.00. The van der Waals surface area contributed by atoms with E-state index in [1.807, 2.05) is 0 Å². The van der Waals surface area contributed by atoms with Crippen LogP contribution in [0.1, 0.15) is 27.8 Å². The number of hydrogen-bond acceptors (Lipinski definition) is 3. The molecule has 1 aromatic heterocycles. The van der Waals surface area contributed by atoms with E-state index in [1.54, 1.807) is 53.6 Å². The average Bonchev–Trinajstić information content (AvgIpc) is 2.92. The summed E-state index contributed by atoms with van der Waals surface area (Å²) in [6.45, 7) is 0.297. The van der Waals surface area contributed by atoms with Gasteiger partial charge in [0.15, 0.2) is 0 Å². The van der Waals surface area contributed by atoms with Crippen LogP contribution in [0.25, 0.3) is 0 Å². The molecule has 4 nitrogen and oxygen atoms in total. The minimum absolute atomic E-state index is 0.155. The standard InChI is InChI=1S/C20H14Cl2FN3O/c21-13-5-8-16(22)17(10-13)25-19-18-15(2-1-9-24-18)20(27)26(19)11-12-3-6-14(23)7-4-12/h1-10,19,25H,11H2. The van der Waals surface area contributed by atoms with E-state index in [9.17, 15) is 9.18 Å². The van der Waals surface area contributed by atoms with Gasteiger partial charge in [0, 0.05) is 17.8 Å². The van der Waals surface area contributed by atoms with Crippen LogP contribution in [0.3, 0.4) is 0 Å². The highest BCUT2D eigenvalue weighted by Crippen LogP contribution is 2.36. The highest BCUT2D eigenvalue weighted by Gasteiger charge is 2.38. The van der Waals surface area contributed by atoms with Gasteiger partial charge in [0.05, 0.1) is 22.0 Å². The van der Waals surface area contributed by atoms with Crippen molar-refractivity contribution in [3.05, 3.63) is 93.5 Å². The lowest BCUT2D eigenvalue weighted by Gasteiger charge is -2.27. The van der Waals surface area contributed by atoms with E-state index in [0.29, 0.717) is 33.5 Å². The van der Waals surface area contributed by atoms with Gasteiger partial charge in [-0.2, -0.15) is 0 Å². The van der Waals surface area contributed by atoms with Crippen molar-refractivity contribution in [1.29, 1.82) is 0 Å². The first-order chi connectivity index (χ1) is 13.0. The second-order valence-electron chi connectivity index (χ2n) is 6.17. The zero-order chi connectivity index (χ0) is 19.0. The summed E-state index contributed by atoms with van der Waals surface area (Å²) in [4.78, 5) is 19.0. The molecule has 1 aliphatic rings. The second-order valence-corrected chi connectivity index (χ2v) is 7.01. The number of nitrogens with zero attached hydrogens (tertiary/aromatic N) is 2. The van der Waals surface area contributed by atoms with E-state index in [1.165, 1.54) is 12.1 Å². The molecule has 3 aromatic rings. The van der Waals surface area contributed by atoms with Crippen molar-refractivity contribution in [1.82, 2.24) is 9.88 Å². The van der Waals surface area contributed by atoms with Gasteiger partial charge in [-0.1, -0.05) is 35.3 Å². The summed E-state index contributed by atoms with van der Waals surface area (Å²) >= 11 is 12.4.